The molecular weight excluding hydrogens is 274 g/mol. The van der Waals surface area contributed by atoms with Gasteiger partial charge in [-0.2, -0.15) is 0 Å². The van der Waals surface area contributed by atoms with Crippen LogP contribution in [-0.2, 0) is 9.59 Å². The van der Waals surface area contributed by atoms with E-state index in [-0.39, 0.29) is 35.1 Å². The summed E-state index contributed by atoms with van der Waals surface area (Å²) in [7, 11) is 0. The second-order valence-corrected chi connectivity index (χ2v) is 6.10. The predicted molar refractivity (Wildman–Crippen MR) is 71.2 cm³/mol. The van der Waals surface area contributed by atoms with Crippen molar-refractivity contribution in [3.63, 3.8) is 0 Å². The molecular formula is C15H15NO5. The highest BCUT2D eigenvalue weighted by atomic mass is 16.3. The molecule has 3 N–H and O–H groups in total. The summed E-state index contributed by atoms with van der Waals surface area (Å²) in [6, 6.07) is 6.19. The van der Waals surface area contributed by atoms with E-state index >= 15 is 0 Å². The number of rotatable bonds is 1. The first-order valence-corrected chi connectivity index (χ1v) is 7.04. The first-order chi connectivity index (χ1) is 10.0. The minimum atomic E-state index is -0.947. The van der Waals surface area contributed by atoms with Crippen LogP contribution in [0.1, 0.15) is 6.42 Å². The third kappa shape index (κ3) is 1.43. The Labute approximate surface area is 120 Å². The first-order valence-electron chi connectivity index (χ1n) is 7.04. The second-order valence-electron chi connectivity index (χ2n) is 6.10. The van der Waals surface area contributed by atoms with Crippen LogP contribution >= 0.6 is 0 Å². The van der Waals surface area contributed by atoms with Gasteiger partial charge in [-0.05, 0) is 18.6 Å². The standard InChI is InChI=1S/C15H15NO5/c17-9-4-2-1-3-8(9)16-14(20)10-6-5-7(11(10)15(16)21)13(19)12(6)18/h1-4,6-7,10-13,17-19H,5H2/t6-,7+,10+,11-,12-,13+. The van der Waals surface area contributed by atoms with Gasteiger partial charge < -0.3 is 15.3 Å². The maximum Gasteiger partial charge on any atom is 0.238 e. The van der Waals surface area contributed by atoms with Crippen LogP contribution in [-0.4, -0.2) is 39.3 Å². The molecule has 3 aliphatic rings. The number of aromatic hydroxyl groups is 1. The molecule has 6 atom stereocenters. The Morgan fingerprint density at radius 2 is 1.48 bits per heavy atom. The van der Waals surface area contributed by atoms with E-state index in [2.05, 4.69) is 0 Å². The van der Waals surface area contributed by atoms with Crippen molar-refractivity contribution >= 4 is 17.5 Å². The number of benzene rings is 1. The van der Waals surface area contributed by atoms with Crippen molar-refractivity contribution in [2.24, 2.45) is 23.7 Å². The molecule has 4 rings (SSSR count). The van der Waals surface area contributed by atoms with E-state index in [4.69, 9.17) is 0 Å². The quantitative estimate of drug-likeness (QED) is 0.626. The molecule has 0 aromatic heterocycles. The number of aliphatic hydroxyl groups excluding tert-OH is 2. The van der Waals surface area contributed by atoms with Gasteiger partial charge in [-0.15, -0.1) is 0 Å². The molecule has 21 heavy (non-hydrogen) atoms. The maximum absolute atomic E-state index is 12.6. The number of phenolic OH excluding ortho intramolecular Hbond substituents is 1. The van der Waals surface area contributed by atoms with E-state index in [0.717, 1.165) is 4.90 Å². The second kappa shape index (κ2) is 4.05. The summed E-state index contributed by atoms with van der Waals surface area (Å²) in [5, 5.41) is 29.8. The molecule has 1 saturated heterocycles. The molecule has 1 aliphatic heterocycles. The third-order valence-electron chi connectivity index (χ3n) is 5.21. The van der Waals surface area contributed by atoms with Gasteiger partial charge in [0.15, 0.2) is 0 Å². The number of hydrogen-bond acceptors (Lipinski definition) is 5. The smallest absolute Gasteiger partial charge is 0.238 e. The first kappa shape index (κ1) is 12.8. The lowest BCUT2D eigenvalue weighted by molar-refractivity contribution is -0.129. The normalized spacial score (nSPS) is 41.0. The molecule has 6 heteroatoms. The minimum absolute atomic E-state index is 0.132. The maximum atomic E-state index is 12.6. The molecule has 0 unspecified atom stereocenters. The van der Waals surface area contributed by atoms with Crippen LogP contribution in [0.2, 0.25) is 0 Å². The van der Waals surface area contributed by atoms with Crippen LogP contribution in [0.15, 0.2) is 24.3 Å². The van der Waals surface area contributed by atoms with Gasteiger partial charge in [0.05, 0.1) is 29.7 Å². The van der Waals surface area contributed by atoms with E-state index in [0.29, 0.717) is 6.42 Å². The summed E-state index contributed by atoms with van der Waals surface area (Å²) in [6.45, 7) is 0. The molecule has 2 amide bonds. The largest absolute Gasteiger partial charge is 0.506 e. The number of carbonyl (C=O) groups is 2. The van der Waals surface area contributed by atoms with Gasteiger partial charge in [-0.25, -0.2) is 4.90 Å². The SMILES string of the molecule is O=C1[C@@H]2[C@@H]3C[C@@H]([C@@H](O)[C@H]3O)[C@@H]2C(=O)N1c1ccccc1O. The van der Waals surface area contributed by atoms with Crippen molar-refractivity contribution in [1.82, 2.24) is 0 Å². The zero-order valence-electron chi connectivity index (χ0n) is 11.1. The third-order valence-corrected chi connectivity index (χ3v) is 5.21. The Morgan fingerprint density at radius 3 is 2.00 bits per heavy atom. The van der Waals surface area contributed by atoms with Crippen LogP contribution in [0.4, 0.5) is 5.69 Å². The molecule has 1 aromatic carbocycles. The number of imide groups is 1. The van der Waals surface area contributed by atoms with E-state index in [1.165, 1.54) is 12.1 Å². The summed E-state index contributed by atoms with van der Waals surface area (Å²) in [5.41, 5.74) is 0.172. The van der Waals surface area contributed by atoms with Gasteiger partial charge in [0.25, 0.3) is 0 Å². The number of phenols is 1. The average molecular weight is 289 g/mol. The van der Waals surface area contributed by atoms with E-state index in [9.17, 15) is 24.9 Å². The van der Waals surface area contributed by atoms with Crippen molar-refractivity contribution in [2.45, 2.75) is 18.6 Å². The number of amides is 2. The van der Waals surface area contributed by atoms with Gasteiger partial charge in [-0.1, -0.05) is 12.1 Å². The molecule has 2 saturated carbocycles. The summed E-state index contributed by atoms with van der Waals surface area (Å²) in [5.74, 6) is -2.81. The van der Waals surface area contributed by atoms with Gasteiger partial charge in [0.2, 0.25) is 11.8 Å². The Bertz CT molecular complexity index is 613. The average Bonchev–Trinajstić information content (AvgIpc) is 3.06. The van der Waals surface area contributed by atoms with Gasteiger partial charge >= 0.3 is 0 Å². The molecule has 3 fully saturated rings. The summed E-state index contributed by atoms with van der Waals surface area (Å²) < 4.78 is 0. The number of aliphatic hydroxyl groups is 2. The van der Waals surface area contributed by atoms with Crippen LogP contribution in [0.5, 0.6) is 5.75 Å². The Morgan fingerprint density at radius 1 is 0.952 bits per heavy atom. The summed E-state index contributed by atoms with van der Waals surface area (Å²) >= 11 is 0. The fourth-order valence-corrected chi connectivity index (χ4v) is 4.32. The predicted octanol–water partition coefficient (Wildman–Crippen LogP) is -0.131. The van der Waals surface area contributed by atoms with E-state index < -0.39 is 24.0 Å². The number of hydrogen-bond donors (Lipinski definition) is 3. The monoisotopic (exact) mass is 289 g/mol. The van der Waals surface area contributed by atoms with Gasteiger partial charge in [-0.3, -0.25) is 9.59 Å². The van der Waals surface area contributed by atoms with Crippen molar-refractivity contribution in [3.05, 3.63) is 24.3 Å². The van der Waals surface area contributed by atoms with Crippen LogP contribution in [0, 0.1) is 23.7 Å². The molecule has 110 valence electrons. The van der Waals surface area contributed by atoms with Crippen LogP contribution in [0.3, 0.4) is 0 Å². The molecule has 0 spiro atoms. The van der Waals surface area contributed by atoms with Crippen molar-refractivity contribution in [1.29, 1.82) is 0 Å². The zero-order valence-corrected chi connectivity index (χ0v) is 11.1. The lowest BCUT2D eigenvalue weighted by Gasteiger charge is -2.29. The Hall–Kier alpha value is -1.92. The molecule has 1 aromatic rings. The molecule has 1 heterocycles. The lowest BCUT2D eigenvalue weighted by Crippen LogP contribution is -2.43. The molecule has 0 radical (unpaired) electrons. The van der Waals surface area contributed by atoms with Crippen LogP contribution in [0.25, 0.3) is 0 Å². The Kier molecular flexibility index (Phi) is 2.47. The fraction of sp³-hybridized carbons (Fsp3) is 0.467. The lowest BCUT2D eigenvalue weighted by atomic mass is 9.78. The number of carbonyl (C=O) groups excluding carboxylic acids is 2. The zero-order chi connectivity index (χ0) is 14.9. The highest BCUT2D eigenvalue weighted by Gasteiger charge is 2.67. The number of fused-ring (bicyclic) bond motifs is 5. The van der Waals surface area contributed by atoms with Gasteiger partial charge in [0.1, 0.15) is 5.75 Å². The van der Waals surface area contributed by atoms with Crippen molar-refractivity contribution in [2.75, 3.05) is 4.90 Å². The topological polar surface area (TPSA) is 98.1 Å². The van der Waals surface area contributed by atoms with Crippen LogP contribution < -0.4 is 4.90 Å². The molecule has 6 nitrogen and oxygen atoms in total. The minimum Gasteiger partial charge on any atom is -0.506 e. The summed E-state index contributed by atoms with van der Waals surface area (Å²) in [4.78, 5) is 26.2. The van der Waals surface area contributed by atoms with Crippen molar-refractivity contribution in [3.8, 4) is 5.75 Å². The van der Waals surface area contributed by atoms with E-state index in [1.807, 2.05) is 0 Å². The van der Waals surface area contributed by atoms with E-state index in [1.54, 1.807) is 12.1 Å². The number of anilines is 1. The highest BCUT2D eigenvalue weighted by Crippen LogP contribution is 2.57. The number of nitrogens with zero attached hydrogens (tertiary/aromatic N) is 1. The summed E-state index contributed by atoms with van der Waals surface area (Å²) in [6.07, 6.45) is -1.39. The Balaban J connectivity index is 1.77. The van der Waals surface area contributed by atoms with Gasteiger partial charge in [0, 0.05) is 11.8 Å². The molecule has 2 aliphatic carbocycles. The fourth-order valence-electron chi connectivity index (χ4n) is 4.32. The number of para-hydroxylation sites is 2. The highest BCUT2D eigenvalue weighted by molar-refractivity contribution is 6.23. The molecule has 2 bridgehead atoms. The van der Waals surface area contributed by atoms with Crippen molar-refractivity contribution < 1.29 is 24.9 Å².